The van der Waals surface area contributed by atoms with Crippen molar-refractivity contribution >= 4 is 11.9 Å². The number of aliphatic carboxylic acids is 1. The summed E-state index contributed by atoms with van der Waals surface area (Å²) in [6, 6.07) is -0.606. The van der Waals surface area contributed by atoms with Crippen LogP contribution in [0.25, 0.3) is 0 Å². The van der Waals surface area contributed by atoms with Gasteiger partial charge >= 0.3 is 29.6 Å². The van der Waals surface area contributed by atoms with Gasteiger partial charge in [0.15, 0.2) is 5.94 Å². The first-order valence-electron chi connectivity index (χ1n) is 5.60. The van der Waals surface area contributed by atoms with E-state index >= 15 is 0 Å². The summed E-state index contributed by atoms with van der Waals surface area (Å²) < 4.78 is 0. The van der Waals surface area contributed by atoms with Crippen LogP contribution in [-0.2, 0) is 9.59 Å². The number of carbonyl (C=O) groups excluding carboxylic acids is 2. The summed E-state index contributed by atoms with van der Waals surface area (Å²) in [6.07, 6.45) is 7.39. The van der Waals surface area contributed by atoms with Crippen LogP contribution >= 0.6 is 0 Å². The zero-order valence-electron chi connectivity index (χ0n) is 10.3. The first-order valence-corrected chi connectivity index (χ1v) is 5.60. The van der Waals surface area contributed by atoms with Gasteiger partial charge in [0, 0.05) is 18.4 Å². The van der Waals surface area contributed by atoms with Crippen molar-refractivity contribution in [1.82, 2.24) is 10.2 Å². The Bertz CT molecular complexity index is 439. The van der Waals surface area contributed by atoms with Gasteiger partial charge in [0.2, 0.25) is 0 Å². The quantitative estimate of drug-likeness (QED) is 0.407. The van der Waals surface area contributed by atoms with Gasteiger partial charge in [0.05, 0.1) is 12.0 Å². The van der Waals surface area contributed by atoms with Crippen molar-refractivity contribution in [1.29, 1.82) is 0 Å². The molecule has 6 heteroatoms. The Labute approximate surface area is 128 Å². The molecule has 1 fully saturated rings. The van der Waals surface area contributed by atoms with Crippen molar-refractivity contribution in [3.8, 4) is 0 Å². The second kappa shape index (κ2) is 6.81. The number of carbonyl (C=O) groups is 1. The number of dihydropyridines is 1. The van der Waals surface area contributed by atoms with E-state index in [2.05, 4.69) is 5.32 Å². The third kappa shape index (κ3) is 3.27. The fraction of sp³-hybridized carbons (Fsp3) is 0.417. The van der Waals surface area contributed by atoms with Crippen LogP contribution in [0.1, 0.15) is 19.3 Å². The molecule has 0 aromatic heterocycles. The minimum atomic E-state index is -1.06. The number of likely N-dealkylation sites (tertiary alicyclic amines) is 1. The Balaban J connectivity index is 0.00000162. The second-order valence-corrected chi connectivity index (χ2v) is 4.09. The average Bonchev–Trinajstić information content (AvgIpc) is 2.39. The summed E-state index contributed by atoms with van der Waals surface area (Å²) in [6.45, 7) is 0.668. The normalized spacial score (nSPS) is 22.4. The second-order valence-electron chi connectivity index (χ2n) is 4.09. The smallest absolute Gasteiger partial charge is 0.548 e. The predicted molar refractivity (Wildman–Crippen MR) is 58.9 cm³/mol. The topological polar surface area (TPSA) is 72.5 Å². The molecule has 1 saturated heterocycles. The molecule has 5 nitrogen and oxygen atoms in total. The maximum absolute atomic E-state index is 11.1. The molecular weight excluding hydrogens is 243 g/mol. The van der Waals surface area contributed by atoms with Gasteiger partial charge in [-0.05, 0) is 31.4 Å². The number of carboxylic acids is 1. The van der Waals surface area contributed by atoms with Gasteiger partial charge in [-0.2, -0.15) is 0 Å². The van der Waals surface area contributed by atoms with Crippen molar-refractivity contribution < 1.29 is 44.3 Å². The van der Waals surface area contributed by atoms with Crippen molar-refractivity contribution in [2.75, 3.05) is 6.54 Å². The molecule has 1 atom stereocenters. The van der Waals surface area contributed by atoms with Crippen molar-refractivity contribution in [2.24, 2.45) is 0 Å². The fourth-order valence-corrected chi connectivity index (χ4v) is 2.18. The SMILES string of the molecule is O=C=C1C=C(N2CCCCC2C(=O)[O-])C=CN1.[Na+]. The molecule has 0 radical (unpaired) electrons. The number of rotatable bonds is 2. The van der Waals surface area contributed by atoms with Crippen LogP contribution in [0.15, 0.2) is 29.7 Å². The first kappa shape index (κ1) is 15.1. The van der Waals surface area contributed by atoms with Gasteiger partial charge in [0.25, 0.3) is 0 Å². The summed E-state index contributed by atoms with van der Waals surface area (Å²) in [5, 5.41) is 13.8. The molecule has 0 saturated carbocycles. The van der Waals surface area contributed by atoms with Crippen molar-refractivity contribution in [3.05, 3.63) is 29.7 Å². The third-order valence-corrected chi connectivity index (χ3v) is 3.00. The van der Waals surface area contributed by atoms with Gasteiger partial charge in [-0.3, -0.25) is 0 Å². The van der Waals surface area contributed by atoms with Gasteiger partial charge in [-0.15, -0.1) is 0 Å². The van der Waals surface area contributed by atoms with E-state index in [1.165, 1.54) is 0 Å². The Morgan fingerprint density at radius 1 is 1.50 bits per heavy atom. The molecule has 18 heavy (non-hydrogen) atoms. The zero-order valence-corrected chi connectivity index (χ0v) is 12.3. The summed E-state index contributed by atoms with van der Waals surface area (Å²) in [4.78, 5) is 23.4. The number of hydrogen-bond donors (Lipinski definition) is 1. The third-order valence-electron chi connectivity index (χ3n) is 3.00. The summed E-state index contributed by atoms with van der Waals surface area (Å²) in [5.41, 5.74) is 1.03. The number of allylic oxidation sites excluding steroid dienone is 2. The molecule has 0 bridgehead atoms. The number of nitrogens with one attached hydrogen (secondary N) is 1. The Hall–Kier alpha value is -1.000. The van der Waals surface area contributed by atoms with E-state index in [9.17, 15) is 14.7 Å². The molecule has 2 heterocycles. The minimum absolute atomic E-state index is 0. The molecule has 2 aliphatic heterocycles. The van der Waals surface area contributed by atoms with Gasteiger partial charge < -0.3 is 20.1 Å². The van der Waals surface area contributed by atoms with E-state index in [-0.39, 0.29) is 29.6 Å². The van der Waals surface area contributed by atoms with Crippen LogP contribution in [0.3, 0.4) is 0 Å². The number of piperidine rings is 1. The molecular formula is C12H13N2NaO3. The van der Waals surface area contributed by atoms with E-state index in [0.717, 1.165) is 18.5 Å². The molecule has 0 spiro atoms. The standard InChI is InChI=1S/C12H14N2O3.Na/c15-8-9-7-10(4-5-13-9)14-6-2-1-3-11(14)12(16)17;/h4-5,7,11,13H,1-3,6H2,(H,16,17);/q;+1/p-1. The minimum Gasteiger partial charge on any atom is -0.548 e. The van der Waals surface area contributed by atoms with Gasteiger partial charge in [-0.25, -0.2) is 4.79 Å². The van der Waals surface area contributed by atoms with Crippen molar-refractivity contribution in [3.63, 3.8) is 0 Å². The summed E-state index contributed by atoms with van der Waals surface area (Å²) in [5.74, 6) is 0.694. The maximum Gasteiger partial charge on any atom is 1.00 e. The number of nitrogens with zero attached hydrogens (tertiary/aromatic N) is 1. The van der Waals surface area contributed by atoms with E-state index in [1.54, 1.807) is 29.2 Å². The molecule has 0 aromatic rings. The van der Waals surface area contributed by atoms with Crippen LogP contribution in [0, 0.1) is 0 Å². The Kier molecular flexibility index (Phi) is 5.69. The Morgan fingerprint density at radius 3 is 2.94 bits per heavy atom. The monoisotopic (exact) mass is 256 g/mol. The summed E-state index contributed by atoms with van der Waals surface area (Å²) in [7, 11) is 0. The largest absolute Gasteiger partial charge is 1.00 e. The van der Waals surface area contributed by atoms with Crippen LogP contribution < -0.4 is 40.0 Å². The van der Waals surface area contributed by atoms with E-state index in [0.29, 0.717) is 18.7 Å². The molecule has 0 aromatic carbocycles. The predicted octanol–water partition coefficient (Wildman–Crippen LogP) is -3.69. The van der Waals surface area contributed by atoms with Gasteiger partial charge in [0.1, 0.15) is 5.70 Å². The molecule has 0 aliphatic carbocycles. The molecule has 2 rings (SSSR count). The van der Waals surface area contributed by atoms with E-state index < -0.39 is 12.0 Å². The fourth-order valence-electron chi connectivity index (χ4n) is 2.18. The molecule has 0 amide bonds. The van der Waals surface area contributed by atoms with Crippen LogP contribution in [0.4, 0.5) is 0 Å². The summed E-state index contributed by atoms with van der Waals surface area (Å²) >= 11 is 0. The Morgan fingerprint density at radius 2 is 2.28 bits per heavy atom. The van der Waals surface area contributed by atoms with Gasteiger partial charge in [-0.1, -0.05) is 0 Å². The molecule has 1 N–H and O–H groups in total. The molecule has 90 valence electrons. The van der Waals surface area contributed by atoms with Crippen LogP contribution in [0.2, 0.25) is 0 Å². The average molecular weight is 256 g/mol. The molecule has 1 unspecified atom stereocenters. The number of carboxylic acid groups (broad SMARTS) is 1. The van der Waals surface area contributed by atoms with Crippen LogP contribution in [0.5, 0.6) is 0 Å². The van der Waals surface area contributed by atoms with E-state index in [1.807, 2.05) is 0 Å². The van der Waals surface area contributed by atoms with E-state index in [4.69, 9.17) is 0 Å². The molecule has 2 aliphatic rings. The number of hydrogen-bond acceptors (Lipinski definition) is 5. The maximum atomic E-state index is 11.1. The first-order chi connectivity index (χ1) is 8.22. The van der Waals surface area contributed by atoms with Crippen LogP contribution in [-0.4, -0.2) is 29.4 Å². The van der Waals surface area contributed by atoms with Crippen molar-refractivity contribution in [2.45, 2.75) is 25.3 Å². The zero-order chi connectivity index (χ0) is 12.3.